The molecule has 5 nitrogen and oxygen atoms in total. The number of methoxy groups -OCH3 is 2. The van der Waals surface area contributed by atoms with Gasteiger partial charge in [0, 0.05) is 11.1 Å². The van der Waals surface area contributed by atoms with Gasteiger partial charge in [-0.25, -0.2) is 4.79 Å². The lowest BCUT2D eigenvalue weighted by Crippen LogP contribution is -2.14. The molecule has 1 aromatic carbocycles. The number of hydrogen-bond acceptors (Lipinski definition) is 5. The third-order valence-corrected chi connectivity index (χ3v) is 2.44. The lowest BCUT2D eigenvalue weighted by molar-refractivity contribution is -0.142. The smallest absolute Gasteiger partial charge is 0.343 e. The average Bonchev–Trinajstić information content (AvgIpc) is 2.44. The third kappa shape index (κ3) is 3.84. The molecule has 0 aliphatic rings. The van der Waals surface area contributed by atoms with E-state index in [1.807, 2.05) is 0 Å². The summed E-state index contributed by atoms with van der Waals surface area (Å²) >= 11 is 0. The normalized spacial score (nSPS) is 9.58. The average molecular weight is 264 g/mol. The molecule has 0 saturated carbocycles. The topological polar surface area (TPSA) is 61.8 Å². The second-order valence-corrected chi connectivity index (χ2v) is 3.69. The summed E-state index contributed by atoms with van der Waals surface area (Å²) in [5.74, 6) is 0.315. The molecule has 19 heavy (non-hydrogen) atoms. The van der Waals surface area contributed by atoms with Crippen molar-refractivity contribution in [3.8, 4) is 11.5 Å². The number of carbonyl (C=O) groups is 2. The predicted octanol–water partition coefficient (Wildman–Crippen LogP) is 1.79. The van der Waals surface area contributed by atoms with Gasteiger partial charge in [-0.3, -0.25) is 4.79 Å². The van der Waals surface area contributed by atoms with Gasteiger partial charge < -0.3 is 14.2 Å². The maximum atomic E-state index is 11.1. The standard InChI is InChI=1S/C14H16O5/c1-4-5-11-6-10(8-15)7-12(17-2)14(11)19-9-13(16)18-3/h4,6-8H,1,5,9H2,2-3H3. The van der Waals surface area contributed by atoms with Gasteiger partial charge in [-0.1, -0.05) is 6.08 Å². The van der Waals surface area contributed by atoms with E-state index in [1.54, 1.807) is 18.2 Å². The van der Waals surface area contributed by atoms with Crippen LogP contribution in [0.4, 0.5) is 0 Å². The van der Waals surface area contributed by atoms with E-state index in [0.29, 0.717) is 23.5 Å². The van der Waals surface area contributed by atoms with Crippen molar-refractivity contribution < 1.29 is 23.8 Å². The molecule has 0 N–H and O–H groups in total. The number of aldehydes is 1. The SMILES string of the molecule is C=CCc1cc(C=O)cc(OC)c1OCC(=O)OC. The van der Waals surface area contributed by atoms with Crippen LogP contribution in [0.15, 0.2) is 24.8 Å². The Balaban J connectivity index is 3.12. The Morgan fingerprint density at radius 2 is 2.11 bits per heavy atom. The zero-order valence-corrected chi connectivity index (χ0v) is 11.0. The second kappa shape index (κ2) is 7.20. The van der Waals surface area contributed by atoms with Gasteiger partial charge in [0.1, 0.15) is 6.29 Å². The minimum atomic E-state index is -0.494. The summed E-state index contributed by atoms with van der Waals surface area (Å²) in [5.41, 5.74) is 1.19. The molecule has 102 valence electrons. The first-order valence-corrected chi connectivity index (χ1v) is 5.62. The Morgan fingerprint density at radius 1 is 1.37 bits per heavy atom. The summed E-state index contributed by atoms with van der Waals surface area (Å²) in [6, 6.07) is 3.22. The van der Waals surface area contributed by atoms with Crippen LogP contribution in [0.5, 0.6) is 11.5 Å². The van der Waals surface area contributed by atoms with Gasteiger partial charge in [0.25, 0.3) is 0 Å². The summed E-state index contributed by atoms with van der Waals surface area (Å²) in [4.78, 5) is 22.0. The number of rotatable bonds is 7. The van der Waals surface area contributed by atoms with E-state index in [4.69, 9.17) is 9.47 Å². The molecule has 0 amide bonds. The molecule has 5 heteroatoms. The van der Waals surface area contributed by atoms with Crippen LogP contribution in [0.3, 0.4) is 0 Å². The van der Waals surface area contributed by atoms with Crippen molar-refractivity contribution in [1.82, 2.24) is 0 Å². The molecular weight excluding hydrogens is 248 g/mol. The van der Waals surface area contributed by atoms with E-state index in [2.05, 4.69) is 11.3 Å². The first-order chi connectivity index (χ1) is 9.15. The van der Waals surface area contributed by atoms with Crippen LogP contribution < -0.4 is 9.47 Å². The van der Waals surface area contributed by atoms with Crippen LogP contribution in [0.1, 0.15) is 15.9 Å². The van der Waals surface area contributed by atoms with E-state index in [1.165, 1.54) is 14.2 Å². The Morgan fingerprint density at radius 3 is 2.63 bits per heavy atom. The number of benzene rings is 1. The van der Waals surface area contributed by atoms with Crippen molar-refractivity contribution in [2.45, 2.75) is 6.42 Å². The van der Waals surface area contributed by atoms with Crippen LogP contribution in [-0.4, -0.2) is 33.1 Å². The molecule has 0 unspecified atom stereocenters. The third-order valence-electron chi connectivity index (χ3n) is 2.44. The number of allylic oxidation sites excluding steroid dienone is 1. The van der Waals surface area contributed by atoms with E-state index in [-0.39, 0.29) is 6.61 Å². The van der Waals surface area contributed by atoms with Gasteiger partial charge in [0.15, 0.2) is 18.1 Å². The Kier molecular flexibility index (Phi) is 5.60. The molecule has 0 aliphatic carbocycles. The highest BCUT2D eigenvalue weighted by atomic mass is 16.6. The number of hydrogen-bond donors (Lipinski definition) is 0. The van der Waals surface area contributed by atoms with E-state index >= 15 is 0 Å². The van der Waals surface area contributed by atoms with Crippen molar-refractivity contribution in [3.05, 3.63) is 35.9 Å². The van der Waals surface area contributed by atoms with Crippen LogP contribution >= 0.6 is 0 Å². The molecule has 1 aromatic rings. The highest BCUT2D eigenvalue weighted by Gasteiger charge is 2.14. The van der Waals surface area contributed by atoms with Crippen molar-refractivity contribution in [2.75, 3.05) is 20.8 Å². The second-order valence-electron chi connectivity index (χ2n) is 3.69. The molecule has 0 atom stereocenters. The number of carbonyl (C=O) groups excluding carboxylic acids is 2. The molecular formula is C14H16O5. The highest BCUT2D eigenvalue weighted by molar-refractivity contribution is 5.78. The van der Waals surface area contributed by atoms with Gasteiger partial charge in [-0.05, 0) is 18.6 Å². The summed E-state index contributed by atoms with van der Waals surface area (Å²) in [7, 11) is 2.75. The van der Waals surface area contributed by atoms with Gasteiger partial charge in [-0.2, -0.15) is 0 Å². The zero-order valence-electron chi connectivity index (χ0n) is 11.0. The summed E-state index contributed by atoms with van der Waals surface area (Å²) < 4.78 is 15.1. The molecule has 0 aromatic heterocycles. The number of ether oxygens (including phenoxy) is 3. The lowest BCUT2D eigenvalue weighted by Gasteiger charge is -2.14. The Labute approximate surface area is 111 Å². The van der Waals surface area contributed by atoms with Crippen LogP contribution in [0.2, 0.25) is 0 Å². The molecule has 0 heterocycles. The van der Waals surface area contributed by atoms with Crippen LogP contribution in [-0.2, 0) is 16.0 Å². The van der Waals surface area contributed by atoms with E-state index < -0.39 is 5.97 Å². The minimum absolute atomic E-state index is 0.225. The Bertz CT molecular complexity index is 479. The monoisotopic (exact) mass is 264 g/mol. The van der Waals surface area contributed by atoms with Crippen molar-refractivity contribution in [1.29, 1.82) is 0 Å². The van der Waals surface area contributed by atoms with Gasteiger partial charge in [-0.15, -0.1) is 6.58 Å². The van der Waals surface area contributed by atoms with Gasteiger partial charge in [0.2, 0.25) is 0 Å². The quantitative estimate of drug-likeness (QED) is 0.427. The summed E-state index contributed by atoms with van der Waals surface area (Å²) in [5, 5.41) is 0. The molecule has 0 aliphatic heterocycles. The van der Waals surface area contributed by atoms with Crippen molar-refractivity contribution in [2.24, 2.45) is 0 Å². The maximum absolute atomic E-state index is 11.1. The first-order valence-electron chi connectivity index (χ1n) is 5.62. The van der Waals surface area contributed by atoms with Crippen LogP contribution in [0.25, 0.3) is 0 Å². The fourth-order valence-corrected chi connectivity index (χ4v) is 1.56. The highest BCUT2D eigenvalue weighted by Crippen LogP contribution is 2.33. The predicted molar refractivity (Wildman–Crippen MR) is 69.8 cm³/mol. The lowest BCUT2D eigenvalue weighted by atomic mass is 10.1. The van der Waals surface area contributed by atoms with Crippen molar-refractivity contribution >= 4 is 12.3 Å². The molecule has 0 spiro atoms. The van der Waals surface area contributed by atoms with Crippen molar-refractivity contribution in [3.63, 3.8) is 0 Å². The minimum Gasteiger partial charge on any atom is -0.493 e. The molecule has 0 bridgehead atoms. The maximum Gasteiger partial charge on any atom is 0.343 e. The fraction of sp³-hybridized carbons (Fsp3) is 0.286. The molecule has 0 radical (unpaired) electrons. The van der Waals surface area contributed by atoms with Gasteiger partial charge in [0.05, 0.1) is 14.2 Å². The van der Waals surface area contributed by atoms with Crippen LogP contribution in [0, 0.1) is 0 Å². The fourth-order valence-electron chi connectivity index (χ4n) is 1.56. The summed E-state index contributed by atoms with van der Waals surface area (Å²) in [6.45, 7) is 3.42. The van der Waals surface area contributed by atoms with E-state index in [9.17, 15) is 9.59 Å². The zero-order chi connectivity index (χ0) is 14.3. The molecule has 1 rings (SSSR count). The first kappa shape index (κ1) is 14.8. The summed E-state index contributed by atoms with van der Waals surface area (Å²) in [6.07, 6.45) is 2.89. The Hall–Kier alpha value is -2.30. The largest absolute Gasteiger partial charge is 0.493 e. The molecule has 0 fully saturated rings. The number of esters is 1. The molecule has 0 saturated heterocycles. The van der Waals surface area contributed by atoms with Gasteiger partial charge >= 0.3 is 5.97 Å². The van der Waals surface area contributed by atoms with E-state index in [0.717, 1.165) is 11.8 Å².